The molecule has 0 aliphatic carbocycles. The van der Waals surface area contributed by atoms with Crippen molar-refractivity contribution < 1.29 is 9.34 Å². The number of hydrogen-bond acceptors (Lipinski definition) is 5. The molecule has 33 heavy (non-hydrogen) atoms. The van der Waals surface area contributed by atoms with E-state index in [0.717, 1.165) is 33.3 Å². The summed E-state index contributed by atoms with van der Waals surface area (Å²) in [6.07, 6.45) is 1.46. The zero-order chi connectivity index (χ0) is 22.8. The third-order valence-electron chi connectivity index (χ3n) is 5.13. The quantitative estimate of drug-likeness (QED) is 0.157. The average molecular weight is 454 g/mol. The number of furan rings is 1. The number of fused-ring (bicyclic) bond motifs is 1. The van der Waals surface area contributed by atoms with Crippen molar-refractivity contribution >= 4 is 40.3 Å². The summed E-state index contributed by atoms with van der Waals surface area (Å²) in [5, 5.41) is 12.4. The van der Waals surface area contributed by atoms with Gasteiger partial charge in [0.05, 0.1) is 29.2 Å². The molecule has 0 aliphatic rings. The van der Waals surface area contributed by atoms with Crippen molar-refractivity contribution in [1.29, 1.82) is 0 Å². The van der Waals surface area contributed by atoms with Crippen molar-refractivity contribution in [2.24, 2.45) is 4.99 Å². The van der Waals surface area contributed by atoms with Crippen LogP contribution in [0.25, 0.3) is 33.3 Å². The Morgan fingerprint density at radius 3 is 2.52 bits per heavy atom. The van der Waals surface area contributed by atoms with Crippen molar-refractivity contribution in [3.63, 3.8) is 0 Å². The van der Waals surface area contributed by atoms with Crippen LogP contribution >= 0.6 is 11.6 Å². The van der Waals surface area contributed by atoms with E-state index in [4.69, 9.17) is 21.0 Å². The van der Waals surface area contributed by atoms with Crippen LogP contribution in [0.1, 0.15) is 5.76 Å². The Bertz CT molecular complexity index is 1510. The Morgan fingerprint density at radius 2 is 1.73 bits per heavy atom. The maximum Gasteiger partial charge on any atom is 0.433 e. The first-order valence-electron chi connectivity index (χ1n) is 10.1. The minimum atomic E-state index is -0.582. The molecule has 0 spiro atoms. The van der Waals surface area contributed by atoms with Gasteiger partial charge in [0.15, 0.2) is 5.76 Å². The number of hydrogen-bond donors (Lipinski definition) is 0. The summed E-state index contributed by atoms with van der Waals surface area (Å²) in [7, 11) is 0. The van der Waals surface area contributed by atoms with Gasteiger partial charge in [-0.25, -0.2) is 4.98 Å². The molecule has 0 amide bonds. The lowest BCUT2D eigenvalue weighted by Gasteiger charge is -2.11. The van der Waals surface area contributed by atoms with Gasteiger partial charge in [0, 0.05) is 16.0 Å². The molecule has 0 bridgehead atoms. The molecular formula is C26H16ClN3O3. The SMILES string of the molecule is O=[N+]([O-])c1ccc(C=Nc2cccc(-c3cc(-c4ccccc4)c4cc(Cl)ccc4n3)c2)o1. The Kier molecular flexibility index (Phi) is 5.42. The van der Waals surface area contributed by atoms with Gasteiger partial charge in [0.25, 0.3) is 0 Å². The third kappa shape index (κ3) is 4.37. The molecule has 0 unspecified atom stereocenters. The molecule has 5 aromatic rings. The molecule has 3 aromatic carbocycles. The van der Waals surface area contributed by atoms with Gasteiger partial charge in [0.2, 0.25) is 0 Å². The maximum atomic E-state index is 10.8. The van der Waals surface area contributed by atoms with Gasteiger partial charge in [-0.2, -0.15) is 0 Å². The fourth-order valence-corrected chi connectivity index (χ4v) is 3.77. The number of benzene rings is 3. The molecule has 0 fully saturated rings. The summed E-state index contributed by atoms with van der Waals surface area (Å²) < 4.78 is 5.13. The minimum absolute atomic E-state index is 0.305. The second-order valence-corrected chi connectivity index (χ2v) is 7.76. The first-order chi connectivity index (χ1) is 16.1. The zero-order valence-corrected chi connectivity index (χ0v) is 17.9. The van der Waals surface area contributed by atoms with E-state index in [0.29, 0.717) is 16.5 Å². The predicted molar refractivity (Wildman–Crippen MR) is 130 cm³/mol. The molecule has 0 N–H and O–H groups in total. The average Bonchev–Trinajstić information content (AvgIpc) is 3.32. The fourth-order valence-electron chi connectivity index (χ4n) is 3.60. The second-order valence-electron chi connectivity index (χ2n) is 7.32. The van der Waals surface area contributed by atoms with Gasteiger partial charge in [-0.05, 0) is 53.6 Å². The molecule has 7 heteroatoms. The molecular weight excluding hydrogens is 438 g/mol. The first kappa shape index (κ1) is 20.6. The number of nitrogens with zero attached hydrogens (tertiary/aromatic N) is 3. The zero-order valence-electron chi connectivity index (χ0n) is 17.2. The lowest BCUT2D eigenvalue weighted by molar-refractivity contribution is -0.402. The van der Waals surface area contributed by atoms with Crippen molar-refractivity contribution in [1.82, 2.24) is 4.98 Å². The molecule has 6 nitrogen and oxygen atoms in total. The highest BCUT2D eigenvalue weighted by Gasteiger charge is 2.12. The van der Waals surface area contributed by atoms with Crippen LogP contribution in [0.2, 0.25) is 5.02 Å². The molecule has 5 rings (SSSR count). The molecule has 0 radical (unpaired) electrons. The predicted octanol–water partition coefficient (Wildman–Crippen LogP) is 7.47. The van der Waals surface area contributed by atoms with E-state index in [1.54, 1.807) is 0 Å². The monoisotopic (exact) mass is 453 g/mol. The van der Waals surface area contributed by atoms with Gasteiger partial charge < -0.3 is 4.42 Å². The molecule has 0 saturated carbocycles. The highest BCUT2D eigenvalue weighted by atomic mass is 35.5. The van der Waals surface area contributed by atoms with Crippen LogP contribution in [-0.4, -0.2) is 16.1 Å². The molecule has 2 aromatic heterocycles. The largest absolute Gasteiger partial charge is 0.433 e. The minimum Gasteiger partial charge on any atom is -0.400 e. The van der Waals surface area contributed by atoms with Crippen molar-refractivity contribution in [3.05, 3.63) is 112 Å². The van der Waals surface area contributed by atoms with Gasteiger partial charge >= 0.3 is 5.88 Å². The summed E-state index contributed by atoms with van der Waals surface area (Å²) in [5.74, 6) is -0.0155. The number of aliphatic imine (C=N–C) groups is 1. The molecule has 0 aliphatic heterocycles. The number of nitro groups is 1. The fraction of sp³-hybridized carbons (Fsp3) is 0. The van der Waals surface area contributed by atoms with Gasteiger partial charge in [-0.15, -0.1) is 0 Å². The van der Waals surface area contributed by atoms with E-state index in [-0.39, 0.29) is 5.88 Å². The van der Waals surface area contributed by atoms with Crippen molar-refractivity contribution in [2.45, 2.75) is 0 Å². The highest BCUT2D eigenvalue weighted by molar-refractivity contribution is 6.31. The summed E-state index contributed by atoms with van der Waals surface area (Å²) in [6, 6.07) is 28.2. The van der Waals surface area contributed by atoms with Gasteiger partial charge in [-0.3, -0.25) is 15.1 Å². The molecule has 160 valence electrons. The van der Waals surface area contributed by atoms with E-state index in [1.165, 1.54) is 18.3 Å². The van der Waals surface area contributed by atoms with Crippen LogP contribution in [-0.2, 0) is 0 Å². The van der Waals surface area contributed by atoms with E-state index in [9.17, 15) is 10.1 Å². The second kappa shape index (κ2) is 8.68. The number of halogens is 1. The van der Waals surface area contributed by atoms with Gasteiger partial charge in [0.1, 0.15) is 4.92 Å². The Hall–Kier alpha value is -4.29. The summed E-state index contributed by atoms with van der Waals surface area (Å²) >= 11 is 6.27. The Morgan fingerprint density at radius 1 is 0.909 bits per heavy atom. The lowest BCUT2D eigenvalue weighted by atomic mass is 9.98. The normalized spacial score (nSPS) is 11.3. The number of rotatable bonds is 5. The van der Waals surface area contributed by atoms with E-state index < -0.39 is 4.92 Å². The number of aromatic nitrogens is 1. The van der Waals surface area contributed by atoms with Crippen LogP contribution in [0, 0.1) is 10.1 Å². The summed E-state index contributed by atoms with van der Waals surface area (Å²) in [6.45, 7) is 0. The molecule has 0 saturated heterocycles. The van der Waals surface area contributed by atoms with Crippen LogP contribution in [0.3, 0.4) is 0 Å². The number of pyridine rings is 1. The van der Waals surface area contributed by atoms with Gasteiger partial charge in [-0.1, -0.05) is 54.1 Å². The first-order valence-corrected chi connectivity index (χ1v) is 10.5. The molecule has 2 heterocycles. The third-order valence-corrected chi connectivity index (χ3v) is 5.37. The summed E-state index contributed by atoms with van der Waals surface area (Å²) in [5.41, 5.74) is 5.31. The van der Waals surface area contributed by atoms with Crippen LogP contribution in [0.4, 0.5) is 11.6 Å². The topological polar surface area (TPSA) is 81.5 Å². The van der Waals surface area contributed by atoms with Crippen molar-refractivity contribution in [3.8, 4) is 22.4 Å². The van der Waals surface area contributed by atoms with E-state index in [1.807, 2.05) is 66.7 Å². The smallest absolute Gasteiger partial charge is 0.400 e. The molecule has 0 atom stereocenters. The standard InChI is InChI=1S/C26H16ClN3O3/c27-19-9-11-24-23(14-19)22(17-5-2-1-3-6-17)15-25(29-24)18-7-4-8-20(13-18)28-16-21-10-12-26(33-21)30(31)32/h1-16H. The summed E-state index contributed by atoms with van der Waals surface area (Å²) in [4.78, 5) is 19.5. The van der Waals surface area contributed by atoms with Crippen LogP contribution in [0.5, 0.6) is 0 Å². The Labute approximate surface area is 194 Å². The van der Waals surface area contributed by atoms with Crippen molar-refractivity contribution in [2.75, 3.05) is 0 Å². The van der Waals surface area contributed by atoms with Crippen LogP contribution in [0.15, 0.2) is 100 Å². The maximum absolute atomic E-state index is 10.8. The Balaban J connectivity index is 1.56. The van der Waals surface area contributed by atoms with E-state index >= 15 is 0 Å². The highest BCUT2D eigenvalue weighted by Crippen LogP contribution is 2.34. The van der Waals surface area contributed by atoms with Crippen LogP contribution < -0.4 is 0 Å². The van der Waals surface area contributed by atoms with E-state index in [2.05, 4.69) is 17.1 Å². The lowest BCUT2D eigenvalue weighted by Crippen LogP contribution is -1.90.